The summed E-state index contributed by atoms with van der Waals surface area (Å²) in [5.74, 6) is 0.578. The number of fused-ring (bicyclic) bond motifs is 1. The number of benzene rings is 2. The number of piperidine rings is 1. The molecule has 1 aromatic heterocycles. The van der Waals surface area contributed by atoms with Crippen molar-refractivity contribution in [2.45, 2.75) is 31.9 Å². The first-order chi connectivity index (χ1) is 14.0. The Morgan fingerprint density at radius 3 is 2.52 bits per heavy atom. The summed E-state index contributed by atoms with van der Waals surface area (Å²) in [6.07, 6.45) is 2.25. The summed E-state index contributed by atoms with van der Waals surface area (Å²) in [4.78, 5) is 9.61. The topological polar surface area (TPSA) is 28.6 Å². The third-order valence-electron chi connectivity index (χ3n) is 5.44. The van der Waals surface area contributed by atoms with Gasteiger partial charge in [0.2, 0.25) is 0 Å². The van der Waals surface area contributed by atoms with E-state index in [-0.39, 0.29) is 6.10 Å². The lowest BCUT2D eigenvalue weighted by atomic mass is 10.0. The zero-order valence-corrected chi connectivity index (χ0v) is 19.0. The molecule has 154 valence electrons. The van der Waals surface area contributed by atoms with Crippen molar-refractivity contribution in [1.29, 1.82) is 0 Å². The highest BCUT2D eigenvalue weighted by atomic mass is 35.5. The monoisotopic (exact) mass is 449 g/mol. The van der Waals surface area contributed by atoms with E-state index >= 15 is 0 Å². The molecule has 1 unspecified atom stereocenters. The molecule has 0 bridgehead atoms. The van der Waals surface area contributed by atoms with Crippen LogP contribution in [0, 0.1) is 0 Å². The lowest BCUT2D eigenvalue weighted by Crippen LogP contribution is -2.46. The van der Waals surface area contributed by atoms with Crippen molar-refractivity contribution in [3.63, 3.8) is 0 Å². The average molecular weight is 450 g/mol. The number of nitrogens with zero attached hydrogens (tertiary/aromatic N) is 3. The predicted molar refractivity (Wildman–Crippen MR) is 124 cm³/mol. The molecule has 2 aromatic carbocycles. The number of hydrogen-bond donors (Lipinski definition) is 0. The van der Waals surface area contributed by atoms with E-state index in [9.17, 15) is 0 Å². The van der Waals surface area contributed by atoms with Gasteiger partial charge in [0.1, 0.15) is 6.10 Å². The fourth-order valence-corrected chi connectivity index (χ4v) is 5.34. The van der Waals surface area contributed by atoms with Crippen LogP contribution in [0.2, 0.25) is 10.0 Å². The van der Waals surface area contributed by atoms with Crippen molar-refractivity contribution in [3.8, 4) is 5.75 Å². The van der Waals surface area contributed by atoms with Crippen LogP contribution in [0.5, 0.6) is 5.75 Å². The van der Waals surface area contributed by atoms with E-state index < -0.39 is 0 Å². The van der Waals surface area contributed by atoms with Crippen molar-refractivity contribution in [2.75, 3.05) is 31.6 Å². The summed E-state index contributed by atoms with van der Waals surface area (Å²) >= 11 is 14.2. The lowest BCUT2D eigenvalue weighted by Gasteiger charge is -2.37. The molecule has 4 rings (SSSR count). The van der Waals surface area contributed by atoms with E-state index in [2.05, 4.69) is 42.0 Å². The maximum absolute atomic E-state index is 6.22. The zero-order valence-electron chi connectivity index (χ0n) is 16.6. The first-order valence-electron chi connectivity index (χ1n) is 9.92. The Morgan fingerprint density at radius 1 is 1.14 bits per heavy atom. The van der Waals surface area contributed by atoms with Gasteiger partial charge in [-0.25, -0.2) is 4.98 Å². The van der Waals surface area contributed by atoms with Crippen LogP contribution < -0.4 is 9.64 Å². The fourth-order valence-electron chi connectivity index (χ4n) is 3.85. The van der Waals surface area contributed by atoms with Gasteiger partial charge in [-0.1, -0.05) is 52.7 Å². The van der Waals surface area contributed by atoms with Gasteiger partial charge in [0.25, 0.3) is 0 Å². The van der Waals surface area contributed by atoms with Crippen molar-refractivity contribution < 1.29 is 4.74 Å². The molecular formula is C22H25Cl2N3OS. The van der Waals surface area contributed by atoms with E-state index in [0.29, 0.717) is 21.8 Å². The van der Waals surface area contributed by atoms with Gasteiger partial charge in [-0.2, -0.15) is 0 Å². The predicted octanol–water partition coefficient (Wildman–Crippen LogP) is 5.97. The highest BCUT2D eigenvalue weighted by Gasteiger charge is 2.25. The molecule has 0 aliphatic carbocycles. The van der Waals surface area contributed by atoms with Crippen molar-refractivity contribution in [1.82, 2.24) is 9.88 Å². The van der Waals surface area contributed by atoms with Crippen LogP contribution in [0.1, 0.15) is 19.8 Å². The molecule has 29 heavy (non-hydrogen) atoms. The highest BCUT2D eigenvalue weighted by Crippen LogP contribution is 2.34. The van der Waals surface area contributed by atoms with E-state index in [4.69, 9.17) is 32.9 Å². The molecule has 0 amide bonds. The van der Waals surface area contributed by atoms with E-state index in [1.54, 1.807) is 23.5 Å². The molecule has 0 radical (unpaired) electrons. The van der Waals surface area contributed by atoms with Crippen LogP contribution in [-0.2, 0) is 0 Å². The summed E-state index contributed by atoms with van der Waals surface area (Å²) in [5, 5.41) is 2.22. The third kappa shape index (κ3) is 4.80. The van der Waals surface area contributed by atoms with E-state index in [1.165, 1.54) is 4.70 Å². The second kappa shape index (κ2) is 9.09. The molecular weight excluding hydrogens is 425 g/mol. The first kappa shape index (κ1) is 20.7. The molecule has 0 spiro atoms. The number of ether oxygens (including phenoxy) is 1. The molecule has 0 saturated carbocycles. The van der Waals surface area contributed by atoms with Gasteiger partial charge in [0, 0.05) is 32.7 Å². The molecule has 3 aromatic rings. The minimum Gasteiger partial charge on any atom is -0.486 e. The van der Waals surface area contributed by atoms with Gasteiger partial charge in [-0.3, -0.25) is 4.90 Å². The second-order valence-corrected chi connectivity index (χ2v) is 9.41. The summed E-state index contributed by atoms with van der Waals surface area (Å²) in [6, 6.07) is 14.3. The van der Waals surface area contributed by atoms with Crippen LogP contribution in [0.4, 0.5) is 5.13 Å². The quantitative estimate of drug-likeness (QED) is 0.463. The number of thiazole rings is 1. The van der Waals surface area contributed by atoms with Crippen LogP contribution in [0.25, 0.3) is 10.2 Å². The number of halogens is 2. The van der Waals surface area contributed by atoms with Crippen LogP contribution >= 0.6 is 34.5 Å². The molecule has 7 heteroatoms. The number of para-hydroxylation sites is 2. The van der Waals surface area contributed by atoms with Gasteiger partial charge in [-0.05, 0) is 44.0 Å². The van der Waals surface area contributed by atoms with Crippen LogP contribution in [-0.4, -0.2) is 48.7 Å². The zero-order chi connectivity index (χ0) is 20.4. The molecule has 1 saturated heterocycles. The Balaban J connectivity index is 1.31. The number of hydrogen-bond acceptors (Lipinski definition) is 5. The maximum atomic E-state index is 6.22. The Hall–Kier alpha value is -1.53. The van der Waals surface area contributed by atoms with Gasteiger partial charge in [0.15, 0.2) is 10.9 Å². The van der Waals surface area contributed by atoms with Crippen LogP contribution in [0.15, 0.2) is 42.5 Å². The molecule has 1 aliphatic heterocycles. The van der Waals surface area contributed by atoms with Gasteiger partial charge in [0.05, 0.1) is 20.3 Å². The minimum absolute atomic E-state index is 0.0194. The van der Waals surface area contributed by atoms with Gasteiger partial charge >= 0.3 is 0 Å². The third-order valence-corrected chi connectivity index (χ3v) is 7.16. The van der Waals surface area contributed by atoms with Crippen LogP contribution in [0.3, 0.4) is 0 Å². The summed E-state index contributed by atoms with van der Waals surface area (Å²) in [5.41, 5.74) is 1.08. The Bertz CT molecular complexity index is 918. The van der Waals surface area contributed by atoms with Crippen molar-refractivity contribution >= 4 is 49.9 Å². The lowest BCUT2D eigenvalue weighted by molar-refractivity contribution is 0.125. The molecule has 2 heterocycles. The van der Waals surface area contributed by atoms with E-state index in [1.807, 2.05) is 12.1 Å². The Kier molecular flexibility index (Phi) is 6.50. The van der Waals surface area contributed by atoms with Gasteiger partial charge in [-0.15, -0.1) is 0 Å². The fraction of sp³-hybridized carbons (Fsp3) is 0.409. The minimum atomic E-state index is 0.0194. The maximum Gasteiger partial charge on any atom is 0.186 e. The molecule has 4 nitrogen and oxygen atoms in total. The number of aromatic nitrogens is 1. The Morgan fingerprint density at radius 2 is 1.83 bits per heavy atom. The second-order valence-electron chi connectivity index (χ2n) is 7.59. The van der Waals surface area contributed by atoms with Crippen molar-refractivity contribution in [2.24, 2.45) is 0 Å². The first-order valence-corrected chi connectivity index (χ1v) is 11.5. The average Bonchev–Trinajstić information content (AvgIpc) is 3.15. The molecule has 1 aliphatic rings. The van der Waals surface area contributed by atoms with Crippen molar-refractivity contribution in [3.05, 3.63) is 52.5 Å². The number of likely N-dealkylation sites (tertiary alicyclic amines) is 1. The van der Waals surface area contributed by atoms with Gasteiger partial charge < -0.3 is 9.64 Å². The smallest absolute Gasteiger partial charge is 0.186 e. The number of anilines is 1. The Labute approximate surface area is 186 Å². The summed E-state index contributed by atoms with van der Waals surface area (Å²) < 4.78 is 7.28. The normalized spacial score (nSPS) is 16.8. The number of rotatable bonds is 6. The highest BCUT2D eigenvalue weighted by molar-refractivity contribution is 7.22. The van der Waals surface area contributed by atoms with E-state index in [0.717, 1.165) is 43.1 Å². The standard InChI is InChI=1S/C22H25Cl2N3OS/c1-15(28-21-17(23)6-5-7-18(21)24)14-27-12-10-16(11-13-27)26(2)22-25-19-8-3-4-9-20(19)29-22/h3-9,15-16H,10-14H2,1-2H3. The molecule has 1 atom stereocenters. The summed E-state index contributed by atoms with van der Waals surface area (Å²) in [7, 11) is 2.17. The SMILES string of the molecule is CC(CN1CCC(N(C)c2nc3ccccc3s2)CC1)Oc1c(Cl)cccc1Cl. The largest absolute Gasteiger partial charge is 0.486 e. The molecule has 0 N–H and O–H groups in total. The summed E-state index contributed by atoms with van der Waals surface area (Å²) in [6.45, 7) is 5.02. The molecule has 1 fully saturated rings.